The number of ether oxygens (including phenoxy) is 2. The van der Waals surface area contributed by atoms with Crippen LogP contribution in [0.15, 0.2) is 18.2 Å². The van der Waals surface area contributed by atoms with Crippen LogP contribution >= 0.6 is 0 Å². The van der Waals surface area contributed by atoms with Crippen LogP contribution in [0.2, 0.25) is 0 Å². The second-order valence-electron chi connectivity index (χ2n) is 6.65. The predicted molar refractivity (Wildman–Crippen MR) is 90.1 cm³/mol. The summed E-state index contributed by atoms with van der Waals surface area (Å²) in [5, 5.41) is 3.41. The van der Waals surface area contributed by atoms with Gasteiger partial charge in [-0.25, -0.2) is 4.79 Å². The maximum absolute atomic E-state index is 11.9. The molecule has 2 aliphatic rings. The standard InChI is InChI=1S/C19H27NO3/c1-22-19(21)15-7-8-17(14-9-11-20-12-10-14)18(13-15)23-16-5-3-2-4-6-16/h7-8,13-14,16,20H,2-6,9-12H2,1H3. The lowest BCUT2D eigenvalue weighted by Gasteiger charge is -2.28. The molecule has 2 fully saturated rings. The third kappa shape index (κ3) is 4.05. The first-order valence-electron chi connectivity index (χ1n) is 8.87. The lowest BCUT2D eigenvalue weighted by atomic mass is 9.88. The van der Waals surface area contributed by atoms with Crippen molar-refractivity contribution in [3.05, 3.63) is 29.3 Å². The number of benzene rings is 1. The molecule has 1 aromatic rings. The summed E-state index contributed by atoms with van der Waals surface area (Å²) < 4.78 is 11.2. The Bertz CT molecular complexity index is 531. The highest BCUT2D eigenvalue weighted by Gasteiger charge is 2.23. The van der Waals surface area contributed by atoms with Gasteiger partial charge in [-0.2, -0.15) is 0 Å². The summed E-state index contributed by atoms with van der Waals surface area (Å²) in [5.74, 6) is 1.11. The topological polar surface area (TPSA) is 47.6 Å². The van der Waals surface area contributed by atoms with Gasteiger partial charge in [-0.1, -0.05) is 12.5 Å². The molecule has 0 unspecified atom stereocenters. The number of carbonyl (C=O) groups is 1. The number of rotatable bonds is 4. The molecule has 4 nitrogen and oxygen atoms in total. The van der Waals surface area contributed by atoms with Crippen molar-refractivity contribution < 1.29 is 14.3 Å². The molecule has 4 heteroatoms. The van der Waals surface area contributed by atoms with Gasteiger partial charge < -0.3 is 14.8 Å². The first kappa shape index (κ1) is 16.3. The molecule has 0 radical (unpaired) electrons. The van der Waals surface area contributed by atoms with Crippen molar-refractivity contribution in [2.75, 3.05) is 20.2 Å². The summed E-state index contributed by atoms with van der Waals surface area (Å²) >= 11 is 0. The van der Waals surface area contributed by atoms with Crippen molar-refractivity contribution >= 4 is 5.97 Å². The average molecular weight is 317 g/mol. The zero-order valence-corrected chi connectivity index (χ0v) is 14.0. The SMILES string of the molecule is COC(=O)c1ccc(C2CCNCC2)c(OC2CCCCC2)c1. The van der Waals surface area contributed by atoms with Crippen LogP contribution in [0.3, 0.4) is 0 Å². The summed E-state index contributed by atoms with van der Waals surface area (Å²) in [6.07, 6.45) is 8.56. The van der Waals surface area contributed by atoms with Crippen molar-refractivity contribution in [1.29, 1.82) is 0 Å². The Kier molecular flexibility index (Phi) is 5.55. The second kappa shape index (κ2) is 7.82. The lowest BCUT2D eigenvalue weighted by Crippen LogP contribution is -2.27. The van der Waals surface area contributed by atoms with Crippen LogP contribution in [0, 0.1) is 0 Å². The van der Waals surface area contributed by atoms with Gasteiger partial charge in [0.25, 0.3) is 0 Å². The Hall–Kier alpha value is -1.55. The molecule has 126 valence electrons. The predicted octanol–water partition coefficient (Wildman–Crippen LogP) is 3.65. The molecule has 0 bridgehead atoms. The number of methoxy groups -OCH3 is 1. The van der Waals surface area contributed by atoms with Gasteiger partial charge in [0.2, 0.25) is 0 Å². The van der Waals surface area contributed by atoms with E-state index >= 15 is 0 Å². The summed E-state index contributed by atoms with van der Waals surface area (Å²) in [6, 6.07) is 5.83. The van der Waals surface area contributed by atoms with Crippen molar-refractivity contribution in [3.8, 4) is 5.75 Å². The zero-order chi connectivity index (χ0) is 16.1. The van der Waals surface area contributed by atoms with Crippen molar-refractivity contribution in [2.45, 2.75) is 57.0 Å². The van der Waals surface area contributed by atoms with Crippen molar-refractivity contribution in [2.24, 2.45) is 0 Å². The third-order valence-corrected chi connectivity index (χ3v) is 5.06. The first-order chi connectivity index (χ1) is 11.3. The van der Waals surface area contributed by atoms with E-state index in [4.69, 9.17) is 9.47 Å². The smallest absolute Gasteiger partial charge is 0.337 e. The Balaban J connectivity index is 1.85. The minimum Gasteiger partial charge on any atom is -0.490 e. The van der Waals surface area contributed by atoms with E-state index in [1.165, 1.54) is 31.9 Å². The molecule has 1 aromatic carbocycles. The van der Waals surface area contributed by atoms with E-state index in [0.717, 1.165) is 44.5 Å². The van der Waals surface area contributed by atoms with Gasteiger partial charge in [0.15, 0.2) is 0 Å². The van der Waals surface area contributed by atoms with E-state index < -0.39 is 0 Å². The third-order valence-electron chi connectivity index (χ3n) is 5.06. The summed E-state index contributed by atoms with van der Waals surface area (Å²) in [4.78, 5) is 11.9. The van der Waals surface area contributed by atoms with Gasteiger partial charge in [-0.3, -0.25) is 0 Å². The highest BCUT2D eigenvalue weighted by Crippen LogP contribution is 2.35. The molecule has 23 heavy (non-hydrogen) atoms. The number of esters is 1. The number of carbonyl (C=O) groups excluding carboxylic acids is 1. The molecule has 1 heterocycles. The highest BCUT2D eigenvalue weighted by molar-refractivity contribution is 5.90. The van der Waals surface area contributed by atoms with E-state index in [1.807, 2.05) is 12.1 Å². The molecule has 0 aromatic heterocycles. The minimum atomic E-state index is -0.296. The van der Waals surface area contributed by atoms with Crippen LogP contribution in [0.25, 0.3) is 0 Å². The molecule has 1 aliphatic heterocycles. The highest BCUT2D eigenvalue weighted by atomic mass is 16.5. The van der Waals surface area contributed by atoms with Crippen molar-refractivity contribution in [3.63, 3.8) is 0 Å². The molecule has 0 atom stereocenters. The maximum atomic E-state index is 11.9. The molecule has 1 aliphatic carbocycles. The normalized spacial score (nSPS) is 20.2. The molecular formula is C19H27NO3. The molecule has 3 rings (SSSR count). The van der Waals surface area contributed by atoms with Gasteiger partial charge in [0, 0.05) is 0 Å². The zero-order valence-electron chi connectivity index (χ0n) is 14.0. The van der Waals surface area contributed by atoms with Gasteiger partial charge in [0.05, 0.1) is 18.8 Å². The number of hydrogen-bond donors (Lipinski definition) is 1. The summed E-state index contributed by atoms with van der Waals surface area (Å²) in [7, 11) is 1.42. The lowest BCUT2D eigenvalue weighted by molar-refractivity contribution is 0.0599. The Labute approximate surface area is 138 Å². The second-order valence-corrected chi connectivity index (χ2v) is 6.65. The molecule has 1 N–H and O–H groups in total. The fourth-order valence-electron chi connectivity index (χ4n) is 3.71. The summed E-state index contributed by atoms with van der Waals surface area (Å²) in [5.41, 5.74) is 1.83. The molecule has 0 spiro atoms. The van der Waals surface area contributed by atoms with E-state index in [0.29, 0.717) is 11.5 Å². The Morgan fingerprint density at radius 2 is 1.83 bits per heavy atom. The fraction of sp³-hybridized carbons (Fsp3) is 0.632. The van der Waals surface area contributed by atoms with E-state index in [9.17, 15) is 4.79 Å². The van der Waals surface area contributed by atoms with Crippen LogP contribution in [-0.4, -0.2) is 32.3 Å². The fourth-order valence-corrected chi connectivity index (χ4v) is 3.71. The Morgan fingerprint density at radius 1 is 1.09 bits per heavy atom. The first-order valence-corrected chi connectivity index (χ1v) is 8.87. The van der Waals surface area contributed by atoms with Crippen LogP contribution in [-0.2, 0) is 4.74 Å². The van der Waals surface area contributed by atoms with Crippen LogP contribution < -0.4 is 10.1 Å². The van der Waals surface area contributed by atoms with Gasteiger partial charge in [-0.15, -0.1) is 0 Å². The molecule has 1 saturated heterocycles. The largest absolute Gasteiger partial charge is 0.490 e. The maximum Gasteiger partial charge on any atom is 0.337 e. The van der Waals surface area contributed by atoms with E-state index in [1.54, 1.807) is 0 Å². The van der Waals surface area contributed by atoms with E-state index in [2.05, 4.69) is 11.4 Å². The molecular weight excluding hydrogens is 290 g/mol. The summed E-state index contributed by atoms with van der Waals surface area (Å²) in [6.45, 7) is 2.10. The van der Waals surface area contributed by atoms with Crippen LogP contribution in [0.4, 0.5) is 0 Å². The van der Waals surface area contributed by atoms with Crippen LogP contribution in [0.5, 0.6) is 5.75 Å². The van der Waals surface area contributed by atoms with Gasteiger partial charge >= 0.3 is 5.97 Å². The van der Waals surface area contributed by atoms with Gasteiger partial charge in [-0.05, 0) is 75.2 Å². The monoisotopic (exact) mass is 317 g/mol. The molecule has 0 amide bonds. The minimum absolute atomic E-state index is 0.289. The Morgan fingerprint density at radius 3 is 2.52 bits per heavy atom. The van der Waals surface area contributed by atoms with Crippen LogP contribution in [0.1, 0.15) is 66.8 Å². The quantitative estimate of drug-likeness (QED) is 0.861. The van der Waals surface area contributed by atoms with Crippen molar-refractivity contribution in [1.82, 2.24) is 5.32 Å². The average Bonchev–Trinajstić information content (AvgIpc) is 2.62. The molecule has 1 saturated carbocycles. The van der Waals surface area contributed by atoms with E-state index in [-0.39, 0.29) is 12.1 Å². The number of piperidine rings is 1. The number of nitrogens with one attached hydrogen (secondary N) is 1. The number of hydrogen-bond acceptors (Lipinski definition) is 4. The van der Waals surface area contributed by atoms with Gasteiger partial charge in [0.1, 0.15) is 5.75 Å².